The molecule has 1 aromatic carbocycles. The molecule has 2 aromatic rings. The SMILES string of the molecule is C=CCC(C(=O)OC)N(C(=O)C(F)(F)F)c1cc(NC(=O)OC)ccc1-c1cn(COCC[Si](C)(C)C)c([C@H](CC=C)NC(=O)OC(C)(C)C)n1. The van der Waals surface area contributed by atoms with Crippen LogP contribution in [0.4, 0.5) is 34.1 Å². The number of imidazole rings is 1. The molecule has 13 nitrogen and oxygen atoms in total. The normalized spacial score (nSPS) is 13.0. The molecule has 0 bridgehead atoms. The van der Waals surface area contributed by atoms with E-state index in [1.165, 1.54) is 24.4 Å². The number of alkyl halides is 3. The molecule has 3 amide bonds. The number of alkyl carbamates (subject to hydrolysis) is 1. The van der Waals surface area contributed by atoms with Crippen molar-refractivity contribution < 1.29 is 51.3 Å². The molecular weight excluding hydrogens is 691 g/mol. The van der Waals surface area contributed by atoms with Gasteiger partial charge in [0.05, 0.1) is 31.6 Å². The van der Waals surface area contributed by atoms with Crippen molar-refractivity contribution in [1.29, 1.82) is 0 Å². The van der Waals surface area contributed by atoms with E-state index in [1.807, 2.05) is 0 Å². The van der Waals surface area contributed by atoms with Gasteiger partial charge in [0.2, 0.25) is 0 Å². The summed E-state index contributed by atoms with van der Waals surface area (Å²) in [5.74, 6) is -3.31. The highest BCUT2D eigenvalue weighted by molar-refractivity contribution is 6.76. The summed E-state index contributed by atoms with van der Waals surface area (Å²) in [5.41, 5.74) is -1.33. The predicted octanol–water partition coefficient (Wildman–Crippen LogP) is 7.20. The summed E-state index contributed by atoms with van der Waals surface area (Å²) < 4.78 is 65.2. The number of ether oxygens (including phenoxy) is 4. The lowest BCUT2D eigenvalue weighted by molar-refractivity contribution is -0.172. The maximum absolute atomic E-state index is 14.3. The first-order chi connectivity index (χ1) is 23.6. The van der Waals surface area contributed by atoms with Gasteiger partial charge in [0.15, 0.2) is 0 Å². The first-order valence-electron chi connectivity index (χ1n) is 16.0. The number of esters is 1. The van der Waals surface area contributed by atoms with Crippen molar-refractivity contribution in [3.05, 3.63) is 55.5 Å². The molecule has 0 saturated carbocycles. The number of carbonyl (C=O) groups excluding carboxylic acids is 4. The van der Waals surface area contributed by atoms with E-state index < -0.39 is 68.1 Å². The lowest BCUT2D eigenvalue weighted by Gasteiger charge is -2.31. The summed E-state index contributed by atoms with van der Waals surface area (Å²) in [5, 5.41) is 5.13. The number of amides is 3. The van der Waals surface area contributed by atoms with Crippen molar-refractivity contribution in [2.24, 2.45) is 0 Å². The second kappa shape index (κ2) is 18.0. The lowest BCUT2D eigenvalue weighted by Crippen LogP contribution is -2.51. The summed E-state index contributed by atoms with van der Waals surface area (Å²) in [6.45, 7) is 19.3. The molecule has 1 unspecified atom stereocenters. The maximum Gasteiger partial charge on any atom is 0.471 e. The summed E-state index contributed by atoms with van der Waals surface area (Å²) in [4.78, 5) is 56.0. The number of nitrogens with one attached hydrogen (secondary N) is 2. The van der Waals surface area contributed by atoms with Crippen LogP contribution in [0.5, 0.6) is 0 Å². The molecule has 0 saturated heterocycles. The van der Waals surface area contributed by atoms with Crippen LogP contribution in [0.3, 0.4) is 0 Å². The molecule has 0 aliphatic rings. The number of nitrogens with zero attached hydrogens (tertiary/aromatic N) is 3. The average molecular weight is 740 g/mol. The van der Waals surface area contributed by atoms with Gasteiger partial charge in [-0.2, -0.15) is 13.2 Å². The second-order valence-electron chi connectivity index (χ2n) is 13.6. The van der Waals surface area contributed by atoms with Gasteiger partial charge in [-0.3, -0.25) is 15.0 Å². The van der Waals surface area contributed by atoms with E-state index in [2.05, 4.69) is 48.2 Å². The van der Waals surface area contributed by atoms with E-state index in [0.29, 0.717) is 6.61 Å². The standard InChI is InChI=1S/C34H48F3N5O8Si/c1-11-13-24(40-32(46)50-33(3,4)5)28-39-25(20-41(28)21-49-17-18-51(8,9)10)23-16-15-22(38-31(45)48-7)19-27(23)42(30(44)34(35,36)37)26(14-12-2)29(43)47-6/h11-12,15-16,19-20,24,26H,1-2,13-14,17-18,21H2,3-10H3,(H,38,45)(H,40,46)/t24-,26?/m0/s1. The summed E-state index contributed by atoms with van der Waals surface area (Å²) in [6, 6.07) is 1.94. The topological polar surface area (TPSA) is 150 Å². The Morgan fingerprint density at radius 2 is 1.67 bits per heavy atom. The van der Waals surface area contributed by atoms with E-state index in [-0.39, 0.29) is 40.8 Å². The molecule has 51 heavy (non-hydrogen) atoms. The van der Waals surface area contributed by atoms with Crippen LogP contribution in [0.25, 0.3) is 11.3 Å². The van der Waals surface area contributed by atoms with Crippen molar-refractivity contribution >= 4 is 43.5 Å². The van der Waals surface area contributed by atoms with Crippen molar-refractivity contribution in [3.8, 4) is 11.3 Å². The fourth-order valence-corrected chi connectivity index (χ4v) is 5.44. The van der Waals surface area contributed by atoms with E-state index in [9.17, 15) is 32.3 Å². The molecule has 0 aliphatic heterocycles. The van der Waals surface area contributed by atoms with Gasteiger partial charge in [-0.05, 0) is 57.9 Å². The van der Waals surface area contributed by atoms with Crippen LogP contribution in [0, 0.1) is 0 Å². The van der Waals surface area contributed by atoms with Crippen molar-refractivity contribution in [1.82, 2.24) is 14.9 Å². The Bertz CT molecular complexity index is 1570. The minimum Gasteiger partial charge on any atom is -0.467 e. The number of aromatic nitrogens is 2. The van der Waals surface area contributed by atoms with Crippen LogP contribution in [0.15, 0.2) is 49.7 Å². The van der Waals surface area contributed by atoms with Crippen LogP contribution >= 0.6 is 0 Å². The first-order valence-corrected chi connectivity index (χ1v) is 19.7. The number of benzene rings is 1. The van der Waals surface area contributed by atoms with Crippen molar-refractivity contribution in [2.45, 2.75) is 89.9 Å². The number of rotatable bonds is 16. The third-order valence-electron chi connectivity index (χ3n) is 7.04. The van der Waals surface area contributed by atoms with E-state index >= 15 is 0 Å². The molecule has 2 atom stereocenters. The highest BCUT2D eigenvalue weighted by Crippen LogP contribution is 2.38. The van der Waals surface area contributed by atoms with Crippen LogP contribution in [0.1, 0.15) is 45.5 Å². The fourth-order valence-electron chi connectivity index (χ4n) is 4.68. The predicted molar refractivity (Wildman–Crippen MR) is 189 cm³/mol. The summed E-state index contributed by atoms with van der Waals surface area (Å²) in [7, 11) is 0.578. The third kappa shape index (κ3) is 12.9. The van der Waals surface area contributed by atoms with Crippen LogP contribution in [0.2, 0.25) is 25.7 Å². The van der Waals surface area contributed by atoms with Gasteiger partial charge >= 0.3 is 30.2 Å². The van der Waals surface area contributed by atoms with Crippen LogP contribution in [-0.2, 0) is 35.3 Å². The molecule has 0 radical (unpaired) electrons. The number of hydrogen-bond acceptors (Lipinski definition) is 9. The molecule has 2 N–H and O–H groups in total. The highest BCUT2D eigenvalue weighted by Gasteiger charge is 2.48. The van der Waals surface area contributed by atoms with Crippen LogP contribution in [-0.4, -0.2) is 80.3 Å². The molecule has 1 heterocycles. The van der Waals surface area contributed by atoms with E-state index in [4.69, 9.17) is 19.2 Å². The highest BCUT2D eigenvalue weighted by atomic mass is 28.3. The largest absolute Gasteiger partial charge is 0.471 e. The molecule has 282 valence electrons. The van der Waals surface area contributed by atoms with Crippen LogP contribution < -0.4 is 15.5 Å². The molecular formula is C34H48F3N5O8Si. The van der Waals surface area contributed by atoms with Gasteiger partial charge in [-0.15, -0.1) is 13.2 Å². The molecule has 0 aliphatic carbocycles. The Labute approximate surface area is 297 Å². The van der Waals surface area contributed by atoms with Gasteiger partial charge in [-0.25, -0.2) is 19.4 Å². The first kappa shape index (κ1) is 42.5. The molecule has 17 heteroatoms. The Morgan fingerprint density at radius 1 is 1.02 bits per heavy atom. The third-order valence-corrected chi connectivity index (χ3v) is 8.74. The fraction of sp³-hybridized carbons (Fsp3) is 0.500. The van der Waals surface area contributed by atoms with Crippen molar-refractivity contribution in [2.75, 3.05) is 31.0 Å². The minimum atomic E-state index is -5.45. The van der Waals surface area contributed by atoms with Gasteiger partial charge in [0.1, 0.15) is 24.2 Å². The number of methoxy groups -OCH3 is 2. The Kier molecular flexibility index (Phi) is 15.0. The number of hydrogen-bond donors (Lipinski definition) is 2. The zero-order valence-corrected chi connectivity index (χ0v) is 31.3. The van der Waals surface area contributed by atoms with E-state index in [0.717, 1.165) is 26.3 Å². The summed E-state index contributed by atoms with van der Waals surface area (Å²) in [6.07, 6.45) is -3.20. The smallest absolute Gasteiger partial charge is 0.467 e. The molecule has 2 rings (SSSR count). The molecule has 1 aromatic heterocycles. The Hall–Kier alpha value is -4.64. The Balaban J connectivity index is 2.93. The maximum atomic E-state index is 14.3. The van der Waals surface area contributed by atoms with Gasteiger partial charge in [0, 0.05) is 32.1 Å². The minimum absolute atomic E-state index is 0.0423. The second-order valence-corrected chi connectivity index (χ2v) is 19.2. The number of anilines is 2. The zero-order valence-electron chi connectivity index (χ0n) is 30.3. The molecule has 0 spiro atoms. The van der Waals surface area contributed by atoms with Gasteiger partial charge in [-0.1, -0.05) is 31.8 Å². The zero-order chi connectivity index (χ0) is 38.7. The summed E-state index contributed by atoms with van der Waals surface area (Å²) >= 11 is 0. The average Bonchev–Trinajstić information content (AvgIpc) is 3.44. The monoisotopic (exact) mass is 739 g/mol. The molecule has 0 fully saturated rings. The van der Waals surface area contributed by atoms with E-state index in [1.54, 1.807) is 31.4 Å². The lowest BCUT2D eigenvalue weighted by atomic mass is 10.0. The number of halogens is 3. The Morgan fingerprint density at radius 3 is 2.20 bits per heavy atom. The quantitative estimate of drug-likeness (QED) is 0.0599. The van der Waals surface area contributed by atoms with Gasteiger partial charge in [0.25, 0.3) is 0 Å². The van der Waals surface area contributed by atoms with Gasteiger partial charge < -0.3 is 28.8 Å². The van der Waals surface area contributed by atoms with Crippen molar-refractivity contribution in [3.63, 3.8) is 0 Å². The number of carbonyl (C=O) groups is 4.